The summed E-state index contributed by atoms with van der Waals surface area (Å²) in [6, 6.07) is 8.77. The van der Waals surface area contributed by atoms with Crippen LogP contribution in [0, 0.1) is 11.6 Å². The lowest BCUT2D eigenvalue weighted by atomic mass is 10.2. The van der Waals surface area contributed by atoms with Crippen LogP contribution in [0.1, 0.15) is 5.56 Å². The molecule has 1 heterocycles. The first kappa shape index (κ1) is 12.0. The first-order valence-corrected chi connectivity index (χ1v) is 5.64. The Hall–Kier alpha value is -1.49. The Labute approximate surface area is 105 Å². The molecule has 0 spiro atoms. The maximum absolute atomic E-state index is 13.3. The summed E-state index contributed by atoms with van der Waals surface area (Å²) in [7, 11) is 0. The highest BCUT2D eigenvalue weighted by Gasteiger charge is 2.09. The van der Waals surface area contributed by atoms with Gasteiger partial charge in [0.05, 0.1) is 5.56 Å². The highest BCUT2D eigenvalue weighted by atomic mass is 79.9. The third-order valence-electron chi connectivity index (χ3n) is 2.12. The molecule has 0 saturated carbocycles. The summed E-state index contributed by atoms with van der Waals surface area (Å²) in [6.07, 6.45) is 0. The van der Waals surface area contributed by atoms with Crippen molar-refractivity contribution in [3.63, 3.8) is 0 Å². The number of halogens is 3. The van der Waals surface area contributed by atoms with Crippen molar-refractivity contribution in [2.75, 3.05) is 0 Å². The van der Waals surface area contributed by atoms with Gasteiger partial charge in [0, 0.05) is 6.07 Å². The van der Waals surface area contributed by atoms with E-state index in [9.17, 15) is 8.78 Å². The summed E-state index contributed by atoms with van der Waals surface area (Å²) >= 11 is 3.18. The molecule has 0 aliphatic rings. The molecule has 0 aliphatic heterocycles. The van der Waals surface area contributed by atoms with E-state index in [1.807, 2.05) is 0 Å². The fourth-order valence-electron chi connectivity index (χ4n) is 1.29. The monoisotopic (exact) mass is 299 g/mol. The highest BCUT2D eigenvalue weighted by Crippen LogP contribution is 2.17. The van der Waals surface area contributed by atoms with Crippen LogP contribution >= 0.6 is 15.9 Å². The van der Waals surface area contributed by atoms with Gasteiger partial charge in [0.1, 0.15) is 22.8 Å². The van der Waals surface area contributed by atoms with Crippen LogP contribution in [-0.2, 0) is 6.61 Å². The van der Waals surface area contributed by atoms with Crippen LogP contribution in [0.4, 0.5) is 8.78 Å². The Morgan fingerprint density at radius 2 is 1.71 bits per heavy atom. The van der Waals surface area contributed by atoms with Crippen molar-refractivity contribution in [1.82, 2.24) is 4.98 Å². The number of hydrogen-bond acceptors (Lipinski definition) is 2. The summed E-state index contributed by atoms with van der Waals surface area (Å²) < 4.78 is 32.4. The molecule has 0 unspecified atom stereocenters. The van der Waals surface area contributed by atoms with Crippen molar-refractivity contribution in [3.05, 3.63) is 58.2 Å². The van der Waals surface area contributed by atoms with E-state index < -0.39 is 11.6 Å². The van der Waals surface area contributed by atoms with Crippen molar-refractivity contribution < 1.29 is 13.5 Å². The van der Waals surface area contributed by atoms with Gasteiger partial charge in [-0.25, -0.2) is 13.8 Å². The molecule has 0 atom stereocenters. The van der Waals surface area contributed by atoms with Gasteiger partial charge in [-0.2, -0.15) is 0 Å². The predicted octanol–water partition coefficient (Wildman–Crippen LogP) is 3.70. The molecule has 0 amide bonds. The summed E-state index contributed by atoms with van der Waals surface area (Å²) in [5.41, 5.74) is -0.103. The lowest BCUT2D eigenvalue weighted by Crippen LogP contribution is -2.02. The van der Waals surface area contributed by atoms with Crippen LogP contribution in [-0.4, -0.2) is 4.98 Å². The first-order chi connectivity index (χ1) is 8.16. The molecule has 0 fully saturated rings. The summed E-state index contributed by atoms with van der Waals surface area (Å²) in [6.45, 7) is -0.193. The van der Waals surface area contributed by atoms with Gasteiger partial charge in [0.25, 0.3) is 0 Å². The number of hydrogen-bond donors (Lipinski definition) is 0. The predicted molar refractivity (Wildman–Crippen MR) is 62.6 cm³/mol. The van der Waals surface area contributed by atoms with E-state index in [1.165, 1.54) is 18.2 Å². The standard InChI is InChI=1S/C12H8BrF2NO/c13-11-5-2-6-12(16-11)17-7-8-9(14)3-1-4-10(8)15/h1-6H,7H2. The van der Waals surface area contributed by atoms with E-state index in [-0.39, 0.29) is 12.2 Å². The molecule has 2 aromatic rings. The molecule has 5 heteroatoms. The van der Waals surface area contributed by atoms with Crippen LogP contribution in [0.3, 0.4) is 0 Å². The summed E-state index contributed by atoms with van der Waals surface area (Å²) in [4.78, 5) is 4.00. The molecule has 0 saturated heterocycles. The molecular formula is C12H8BrF2NO. The Morgan fingerprint density at radius 1 is 1.06 bits per heavy atom. The van der Waals surface area contributed by atoms with E-state index in [1.54, 1.807) is 18.2 Å². The van der Waals surface area contributed by atoms with Gasteiger partial charge in [-0.3, -0.25) is 0 Å². The van der Waals surface area contributed by atoms with Gasteiger partial charge in [0.15, 0.2) is 0 Å². The van der Waals surface area contributed by atoms with E-state index in [0.717, 1.165) is 0 Å². The topological polar surface area (TPSA) is 22.1 Å². The fraction of sp³-hybridized carbons (Fsp3) is 0.0833. The zero-order chi connectivity index (χ0) is 12.3. The second-order valence-corrected chi connectivity index (χ2v) is 4.10. The third kappa shape index (κ3) is 3.00. The minimum Gasteiger partial charge on any atom is -0.473 e. The number of rotatable bonds is 3. The van der Waals surface area contributed by atoms with Crippen molar-refractivity contribution in [2.45, 2.75) is 6.61 Å². The molecule has 1 aromatic carbocycles. The fourth-order valence-corrected chi connectivity index (χ4v) is 1.61. The molecule has 0 bridgehead atoms. The second kappa shape index (κ2) is 5.23. The largest absolute Gasteiger partial charge is 0.473 e. The van der Waals surface area contributed by atoms with Gasteiger partial charge >= 0.3 is 0 Å². The normalized spacial score (nSPS) is 10.3. The zero-order valence-corrected chi connectivity index (χ0v) is 10.2. The molecule has 0 radical (unpaired) electrons. The molecule has 0 N–H and O–H groups in total. The number of aromatic nitrogens is 1. The molecule has 88 valence electrons. The Morgan fingerprint density at radius 3 is 2.35 bits per heavy atom. The number of benzene rings is 1. The number of ether oxygens (including phenoxy) is 1. The van der Waals surface area contributed by atoms with Gasteiger partial charge in [0.2, 0.25) is 5.88 Å². The van der Waals surface area contributed by atoms with Crippen LogP contribution in [0.2, 0.25) is 0 Å². The quantitative estimate of drug-likeness (QED) is 0.806. The van der Waals surface area contributed by atoms with Crippen molar-refractivity contribution in [2.24, 2.45) is 0 Å². The third-order valence-corrected chi connectivity index (χ3v) is 2.56. The lowest BCUT2D eigenvalue weighted by molar-refractivity contribution is 0.281. The Bertz CT molecular complexity index is 513. The van der Waals surface area contributed by atoms with Crippen LogP contribution < -0.4 is 4.74 Å². The van der Waals surface area contributed by atoms with E-state index in [0.29, 0.717) is 10.5 Å². The van der Waals surface area contributed by atoms with Gasteiger partial charge in [-0.15, -0.1) is 0 Å². The number of nitrogens with zero attached hydrogens (tertiary/aromatic N) is 1. The first-order valence-electron chi connectivity index (χ1n) is 4.85. The minimum atomic E-state index is -0.625. The van der Waals surface area contributed by atoms with Gasteiger partial charge in [-0.1, -0.05) is 12.1 Å². The lowest BCUT2D eigenvalue weighted by Gasteiger charge is -2.07. The van der Waals surface area contributed by atoms with E-state index in [4.69, 9.17) is 4.74 Å². The van der Waals surface area contributed by atoms with Crippen LogP contribution in [0.25, 0.3) is 0 Å². The average Bonchev–Trinajstić information content (AvgIpc) is 2.28. The van der Waals surface area contributed by atoms with E-state index in [2.05, 4.69) is 20.9 Å². The maximum Gasteiger partial charge on any atom is 0.214 e. The smallest absolute Gasteiger partial charge is 0.214 e. The van der Waals surface area contributed by atoms with Crippen LogP contribution in [0.5, 0.6) is 5.88 Å². The molecule has 0 aliphatic carbocycles. The van der Waals surface area contributed by atoms with E-state index >= 15 is 0 Å². The van der Waals surface area contributed by atoms with Crippen molar-refractivity contribution in [3.8, 4) is 5.88 Å². The Kier molecular flexibility index (Phi) is 3.68. The SMILES string of the molecule is Fc1cccc(F)c1COc1cccc(Br)n1. The average molecular weight is 300 g/mol. The number of pyridine rings is 1. The van der Waals surface area contributed by atoms with Crippen molar-refractivity contribution >= 4 is 15.9 Å². The molecule has 1 aromatic heterocycles. The molecule has 2 rings (SSSR count). The van der Waals surface area contributed by atoms with Gasteiger partial charge < -0.3 is 4.74 Å². The summed E-state index contributed by atoms with van der Waals surface area (Å²) in [5.74, 6) is -0.943. The second-order valence-electron chi connectivity index (χ2n) is 3.29. The Balaban J connectivity index is 2.13. The summed E-state index contributed by atoms with van der Waals surface area (Å²) in [5, 5.41) is 0. The molecule has 17 heavy (non-hydrogen) atoms. The van der Waals surface area contributed by atoms with Gasteiger partial charge in [-0.05, 0) is 34.1 Å². The zero-order valence-electron chi connectivity index (χ0n) is 8.66. The maximum atomic E-state index is 13.3. The molecule has 2 nitrogen and oxygen atoms in total. The van der Waals surface area contributed by atoms with Crippen molar-refractivity contribution in [1.29, 1.82) is 0 Å². The highest BCUT2D eigenvalue weighted by molar-refractivity contribution is 9.10. The minimum absolute atomic E-state index is 0.103. The molecular weight excluding hydrogens is 292 g/mol. The van der Waals surface area contributed by atoms with Crippen LogP contribution in [0.15, 0.2) is 41.0 Å².